The lowest BCUT2D eigenvalue weighted by atomic mass is 9.95. The largest absolute Gasteiger partial charge is 0.439 e. The molecule has 31 heavy (non-hydrogen) atoms. The van der Waals surface area contributed by atoms with Crippen molar-refractivity contribution in [3.8, 4) is 17.4 Å². The molecule has 2 aromatic carbocycles. The molecule has 0 aliphatic rings. The van der Waals surface area contributed by atoms with Gasteiger partial charge >= 0.3 is 0 Å². The Balaban J connectivity index is 1.45. The number of ether oxygens (including phenoxy) is 1. The highest BCUT2D eigenvalue weighted by atomic mass is 16.5. The molecule has 0 saturated carbocycles. The summed E-state index contributed by atoms with van der Waals surface area (Å²) in [6.45, 7) is 3.81. The molecule has 4 rings (SSSR count). The number of anilines is 1. The lowest BCUT2D eigenvalue weighted by molar-refractivity contribution is -0.117. The second-order valence-corrected chi connectivity index (χ2v) is 7.05. The van der Waals surface area contributed by atoms with Gasteiger partial charge in [-0.1, -0.05) is 37.3 Å². The van der Waals surface area contributed by atoms with Crippen LogP contribution in [0.2, 0.25) is 0 Å². The van der Waals surface area contributed by atoms with Crippen molar-refractivity contribution in [2.24, 2.45) is 0 Å². The average molecular weight is 413 g/mol. The number of hydrogen-bond donors (Lipinski definition) is 1. The predicted molar refractivity (Wildman–Crippen MR) is 119 cm³/mol. The smallest absolute Gasteiger partial charge is 0.231 e. The van der Waals surface area contributed by atoms with Crippen LogP contribution in [-0.2, 0) is 4.79 Å². The number of aromatic nitrogens is 4. The Hall–Kier alpha value is -4.00. The van der Waals surface area contributed by atoms with Crippen molar-refractivity contribution < 1.29 is 9.53 Å². The van der Waals surface area contributed by atoms with Crippen molar-refractivity contribution in [1.82, 2.24) is 19.7 Å². The van der Waals surface area contributed by atoms with Crippen LogP contribution in [0.5, 0.6) is 11.6 Å². The lowest BCUT2D eigenvalue weighted by Gasteiger charge is -2.15. The maximum absolute atomic E-state index is 12.7. The van der Waals surface area contributed by atoms with E-state index in [1.165, 1.54) is 0 Å². The molecule has 1 atom stereocenters. The Labute approximate surface area is 180 Å². The third-order valence-electron chi connectivity index (χ3n) is 4.81. The van der Waals surface area contributed by atoms with Gasteiger partial charge in [-0.3, -0.25) is 4.79 Å². The van der Waals surface area contributed by atoms with E-state index in [4.69, 9.17) is 4.74 Å². The van der Waals surface area contributed by atoms with E-state index >= 15 is 0 Å². The third kappa shape index (κ3) is 4.95. The van der Waals surface area contributed by atoms with E-state index < -0.39 is 0 Å². The number of benzene rings is 2. The highest BCUT2D eigenvalue weighted by molar-refractivity contribution is 5.95. The number of aryl methyl sites for hydroxylation is 1. The number of hydrogen-bond acceptors (Lipinski definition) is 5. The van der Waals surface area contributed by atoms with E-state index in [9.17, 15) is 4.79 Å². The summed E-state index contributed by atoms with van der Waals surface area (Å²) in [5, 5.41) is 7.18. The van der Waals surface area contributed by atoms with Crippen LogP contribution >= 0.6 is 0 Å². The van der Waals surface area contributed by atoms with Gasteiger partial charge in [0.15, 0.2) is 5.82 Å². The number of carbonyl (C=O) groups is 1. The SMILES string of the molecule is CCC(C(=O)Nc1ccc(Oc2cc(-n3cccn3)nc(C)n2)cc1)c1ccccc1. The molecule has 0 spiro atoms. The monoisotopic (exact) mass is 413 g/mol. The molecule has 0 aliphatic carbocycles. The molecule has 0 fully saturated rings. The fourth-order valence-electron chi connectivity index (χ4n) is 3.31. The van der Waals surface area contributed by atoms with Crippen molar-refractivity contribution in [3.05, 3.63) is 90.5 Å². The van der Waals surface area contributed by atoms with Gasteiger partial charge in [-0.05, 0) is 49.2 Å². The molecule has 2 aromatic heterocycles. The standard InChI is InChI=1S/C24H23N5O2/c1-3-21(18-8-5-4-6-9-18)24(30)28-19-10-12-20(13-11-19)31-23-16-22(26-17(2)27-23)29-15-7-14-25-29/h4-16,21H,3H2,1-2H3,(H,28,30). The molecular formula is C24H23N5O2. The van der Waals surface area contributed by atoms with E-state index in [0.29, 0.717) is 29.0 Å². The lowest BCUT2D eigenvalue weighted by Crippen LogP contribution is -2.20. The van der Waals surface area contributed by atoms with Gasteiger partial charge in [0.25, 0.3) is 0 Å². The van der Waals surface area contributed by atoms with Crippen LogP contribution in [0.3, 0.4) is 0 Å². The molecule has 156 valence electrons. The zero-order valence-corrected chi connectivity index (χ0v) is 17.4. The Kier molecular flexibility index (Phi) is 6.03. The molecule has 0 radical (unpaired) electrons. The molecule has 0 saturated heterocycles. The van der Waals surface area contributed by atoms with E-state index in [1.54, 1.807) is 36.0 Å². The van der Waals surface area contributed by atoms with E-state index in [-0.39, 0.29) is 11.8 Å². The van der Waals surface area contributed by atoms with Gasteiger partial charge in [-0.15, -0.1) is 0 Å². The first-order valence-corrected chi connectivity index (χ1v) is 10.1. The van der Waals surface area contributed by atoms with Gasteiger partial charge < -0.3 is 10.1 Å². The van der Waals surface area contributed by atoms with E-state index in [0.717, 1.165) is 12.0 Å². The maximum Gasteiger partial charge on any atom is 0.231 e. The summed E-state index contributed by atoms with van der Waals surface area (Å²) in [6.07, 6.45) is 4.22. The minimum atomic E-state index is -0.193. The molecule has 4 aromatic rings. The maximum atomic E-state index is 12.7. The summed E-state index contributed by atoms with van der Waals surface area (Å²) in [6, 6.07) is 20.6. The fraction of sp³-hybridized carbons (Fsp3) is 0.167. The zero-order chi connectivity index (χ0) is 21.6. The van der Waals surface area contributed by atoms with Crippen molar-refractivity contribution in [3.63, 3.8) is 0 Å². The molecule has 7 nitrogen and oxygen atoms in total. The first kappa shape index (κ1) is 20.3. The quantitative estimate of drug-likeness (QED) is 0.466. The van der Waals surface area contributed by atoms with Crippen molar-refractivity contribution in [2.45, 2.75) is 26.2 Å². The third-order valence-corrected chi connectivity index (χ3v) is 4.81. The summed E-state index contributed by atoms with van der Waals surface area (Å²) in [5.74, 6) is 2.02. The van der Waals surface area contributed by atoms with Crippen LogP contribution in [-0.4, -0.2) is 25.7 Å². The number of nitrogens with one attached hydrogen (secondary N) is 1. The molecule has 1 unspecified atom stereocenters. The Morgan fingerprint density at radius 2 is 1.84 bits per heavy atom. The highest BCUT2D eigenvalue weighted by Gasteiger charge is 2.18. The van der Waals surface area contributed by atoms with Gasteiger partial charge in [-0.2, -0.15) is 10.1 Å². The predicted octanol–water partition coefficient (Wildman–Crippen LogP) is 4.90. The zero-order valence-electron chi connectivity index (χ0n) is 17.4. The van der Waals surface area contributed by atoms with Gasteiger partial charge in [0.05, 0.1) is 5.92 Å². The molecule has 0 aliphatic heterocycles. The molecule has 1 N–H and O–H groups in total. The van der Waals surface area contributed by atoms with E-state index in [2.05, 4.69) is 20.4 Å². The number of rotatable bonds is 7. The van der Waals surface area contributed by atoms with Crippen LogP contribution in [0.25, 0.3) is 5.82 Å². The summed E-state index contributed by atoms with van der Waals surface area (Å²) in [5.41, 5.74) is 1.72. The van der Waals surface area contributed by atoms with Gasteiger partial charge in [0.2, 0.25) is 11.8 Å². The molecule has 7 heteroatoms. The minimum absolute atomic E-state index is 0.0299. The highest BCUT2D eigenvalue weighted by Crippen LogP contribution is 2.25. The van der Waals surface area contributed by atoms with Crippen molar-refractivity contribution in [1.29, 1.82) is 0 Å². The average Bonchev–Trinajstić information content (AvgIpc) is 3.31. The van der Waals surface area contributed by atoms with Crippen LogP contribution in [0.4, 0.5) is 5.69 Å². The van der Waals surface area contributed by atoms with E-state index in [1.807, 2.05) is 61.7 Å². The number of nitrogens with zero attached hydrogens (tertiary/aromatic N) is 4. The van der Waals surface area contributed by atoms with Crippen molar-refractivity contribution in [2.75, 3.05) is 5.32 Å². The number of carbonyl (C=O) groups excluding carboxylic acids is 1. The Bertz CT molecular complexity index is 1140. The second-order valence-electron chi connectivity index (χ2n) is 7.05. The summed E-state index contributed by atoms with van der Waals surface area (Å²) < 4.78 is 7.54. The van der Waals surface area contributed by atoms with Crippen LogP contribution in [0, 0.1) is 6.92 Å². The van der Waals surface area contributed by atoms with Crippen LogP contribution in [0.1, 0.15) is 30.7 Å². The summed E-state index contributed by atoms with van der Waals surface area (Å²) in [7, 11) is 0. The van der Waals surface area contributed by atoms with Gasteiger partial charge in [0, 0.05) is 24.1 Å². The fourth-order valence-corrected chi connectivity index (χ4v) is 3.31. The number of amides is 1. The topological polar surface area (TPSA) is 81.9 Å². The van der Waals surface area contributed by atoms with Crippen molar-refractivity contribution >= 4 is 11.6 Å². The summed E-state index contributed by atoms with van der Waals surface area (Å²) >= 11 is 0. The van der Waals surface area contributed by atoms with Crippen LogP contribution in [0.15, 0.2) is 79.1 Å². The normalized spacial score (nSPS) is 11.7. The van der Waals surface area contributed by atoms with Crippen LogP contribution < -0.4 is 10.1 Å². The molecular weight excluding hydrogens is 390 g/mol. The second kappa shape index (κ2) is 9.21. The first-order valence-electron chi connectivity index (χ1n) is 10.1. The molecule has 2 heterocycles. The molecule has 0 bridgehead atoms. The summed E-state index contributed by atoms with van der Waals surface area (Å²) in [4.78, 5) is 21.4. The molecule has 1 amide bonds. The first-order chi connectivity index (χ1) is 15.1. The minimum Gasteiger partial charge on any atom is -0.439 e. The Morgan fingerprint density at radius 1 is 1.06 bits per heavy atom. The van der Waals surface area contributed by atoms with Gasteiger partial charge in [0.1, 0.15) is 11.6 Å². The Morgan fingerprint density at radius 3 is 2.52 bits per heavy atom. The van der Waals surface area contributed by atoms with Gasteiger partial charge in [-0.25, -0.2) is 9.67 Å².